The van der Waals surface area contributed by atoms with E-state index < -0.39 is 0 Å². The van der Waals surface area contributed by atoms with Gasteiger partial charge in [-0.15, -0.1) is 0 Å². The summed E-state index contributed by atoms with van der Waals surface area (Å²) in [6.45, 7) is 5.43. The van der Waals surface area contributed by atoms with E-state index in [1.54, 1.807) is 0 Å². The number of carbonyl (C=O) groups excluding carboxylic acids is 1. The number of hydrogen-bond donors (Lipinski definition) is 2. The smallest absolute Gasteiger partial charge is 0.225 e. The van der Waals surface area contributed by atoms with Gasteiger partial charge in [0, 0.05) is 38.1 Å². The van der Waals surface area contributed by atoms with Crippen molar-refractivity contribution in [2.45, 2.75) is 64.3 Å². The Balaban J connectivity index is 1.43. The van der Waals surface area contributed by atoms with Gasteiger partial charge in [0.1, 0.15) is 0 Å². The van der Waals surface area contributed by atoms with Gasteiger partial charge in [-0.1, -0.05) is 49.6 Å². The number of nitrogens with zero attached hydrogens (tertiary/aromatic N) is 2. The van der Waals surface area contributed by atoms with Crippen LogP contribution in [0.1, 0.15) is 57.4 Å². The van der Waals surface area contributed by atoms with E-state index in [0.29, 0.717) is 11.9 Å². The lowest BCUT2D eigenvalue weighted by Crippen LogP contribution is -2.45. The highest BCUT2D eigenvalue weighted by atomic mass is 16.2. The van der Waals surface area contributed by atoms with Crippen molar-refractivity contribution in [1.29, 1.82) is 0 Å². The number of rotatable bonds is 7. The van der Waals surface area contributed by atoms with Gasteiger partial charge in [-0.25, -0.2) is 0 Å². The van der Waals surface area contributed by atoms with Crippen LogP contribution >= 0.6 is 0 Å². The molecule has 1 heterocycles. The zero-order chi connectivity index (χ0) is 19.6. The van der Waals surface area contributed by atoms with Crippen molar-refractivity contribution in [3.05, 3.63) is 35.9 Å². The summed E-state index contributed by atoms with van der Waals surface area (Å²) in [5, 5.41) is 6.90. The monoisotopic (exact) mass is 384 g/mol. The normalized spacial score (nSPS) is 21.0. The van der Waals surface area contributed by atoms with E-state index in [1.807, 2.05) is 0 Å². The molecule has 0 bridgehead atoms. The first-order valence-electron chi connectivity index (χ1n) is 11.1. The number of hydrogen-bond acceptors (Lipinski definition) is 2. The molecule has 1 aromatic rings. The van der Waals surface area contributed by atoms with Gasteiger partial charge in [0.05, 0.1) is 0 Å². The standard InChI is InChI=1S/C23H36N4O/c1-2-24-23(25-16-9-12-19-10-5-3-6-11-19)26-21-15-17-27(18-21)22(28)20-13-7-4-8-14-20/h3,5-6,10-11,20-21H,2,4,7-9,12-18H2,1H3,(H2,24,25,26). The zero-order valence-electron chi connectivity index (χ0n) is 17.3. The average molecular weight is 385 g/mol. The molecule has 154 valence electrons. The number of aliphatic imine (C=N–C) groups is 1. The van der Waals surface area contributed by atoms with Crippen LogP contribution in [0.5, 0.6) is 0 Å². The third-order valence-corrected chi connectivity index (χ3v) is 5.88. The number of carbonyl (C=O) groups is 1. The first kappa shape index (κ1) is 20.7. The summed E-state index contributed by atoms with van der Waals surface area (Å²) in [6.07, 6.45) is 8.98. The van der Waals surface area contributed by atoms with Crippen molar-refractivity contribution in [2.75, 3.05) is 26.2 Å². The van der Waals surface area contributed by atoms with Crippen LogP contribution in [-0.2, 0) is 11.2 Å². The molecule has 1 amide bonds. The second kappa shape index (κ2) is 11.1. The van der Waals surface area contributed by atoms with Crippen LogP contribution in [0.15, 0.2) is 35.3 Å². The molecule has 0 aromatic heterocycles. The fourth-order valence-corrected chi connectivity index (χ4v) is 4.32. The first-order valence-corrected chi connectivity index (χ1v) is 11.1. The largest absolute Gasteiger partial charge is 0.357 e. The number of benzene rings is 1. The summed E-state index contributed by atoms with van der Waals surface area (Å²) in [4.78, 5) is 19.6. The van der Waals surface area contributed by atoms with Crippen molar-refractivity contribution in [2.24, 2.45) is 10.9 Å². The second-order valence-electron chi connectivity index (χ2n) is 8.10. The molecule has 0 radical (unpaired) electrons. The summed E-state index contributed by atoms with van der Waals surface area (Å²) in [5.74, 6) is 1.54. The molecule has 0 spiro atoms. The van der Waals surface area contributed by atoms with Gasteiger partial charge in [0.25, 0.3) is 0 Å². The van der Waals surface area contributed by atoms with Crippen LogP contribution in [0, 0.1) is 5.92 Å². The van der Waals surface area contributed by atoms with E-state index in [2.05, 4.69) is 52.8 Å². The van der Waals surface area contributed by atoms with Crippen molar-refractivity contribution >= 4 is 11.9 Å². The van der Waals surface area contributed by atoms with Gasteiger partial charge in [0.2, 0.25) is 5.91 Å². The number of aryl methyl sites for hydroxylation is 1. The van der Waals surface area contributed by atoms with Crippen LogP contribution in [0.2, 0.25) is 0 Å². The Hall–Kier alpha value is -2.04. The van der Waals surface area contributed by atoms with Gasteiger partial charge in [0.15, 0.2) is 5.96 Å². The predicted octanol–water partition coefficient (Wildman–Crippen LogP) is 3.36. The fourth-order valence-electron chi connectivity index (χ4n) is 4.32. The maximum absolute atomic E-state index is 12.8. The topological polar surface area (TPSA) is 56.7 Å². The third-order valence-electron chi connectivity index (χ3n) is 5.88. The molecule has 1 aliphatic carbocycles. The molecule has 1 saturated heterocycles. The summed E-state index contributed by atoms with van der Waals surface area (Å²) in [7, 11) is 0. The maximum Gasteiger partial charge on any atom is 0.225 e. The molecule has 1 aliphatic heterocycles. The Bertz CT molecular complexity index is 625. The Labute approximate surface area is 170 Å². The highest BCUT2D eigenvalue weighted by Gasteiger charge is 2.31. The van der Waals surface area contributed by atoms with E-state index >= 15 is 0 Å². The van der Waals surface area contributed by atoms with E-state index in [-0.39, 0.29) is 5.92 Å². The van der Waals surface area contributed by atoms with Gasteiger partial charge >= 0.3 is 0 Å². The van der Waals surface area contributed by atoms with Crippen molar-refractivity contribution in [3.8, 4) is 0 Å². The summed E-state index contributed by atoms with van der Waals surface area (Å²) >= 11 is 0. The van der Waals surface area contributed by atoms with E-state index in [1.165, 1.54) is 24.8 Å². The Morgan fingerprint density at radius 1 is 1.14 bits per heavy atom. The van der Waals surface area contributed by atoms with Crippen molar-refractivity contribution < 1.29 is 4.79 Å². The van der Waals surface area contributed by atoms with E-state index in [0.717, 1.165) is 64.2 Å². The fraction of sp³-hybridized carbons (Fsp3) is 0.652. The minimum atomic E-state index is 0.271. The highest BCUT2D eigenvalue weighted by Crippen LogP contribution is 2.26. The molecule has 1 unspecified atom stereocenters. The van der Waals surface area contributed by atoms with Crippen molar-refractivity contribution in [1.82, 2.24) is 15.5 Å². The molecule has 1 atom stereocenters. The van der Waals surface area contributed by atoms with Gasteiger partial charge < -0.3 is 15.5 Å². The van der Waals surface area contributed by atoms with Crippen LogP contribution < -0.4 is 10.6 Å². The molecule has 2 N–H and O–H groups in total. The van der Waals surface area contributed by atoms with Crippen molar-refractivity contribution in [3.63, 3.8) is 0 Å². The number of guanidine groups is 1. The van der Waals surface area contributed by atoms with E-state index in [9.17, 15) is 4.79 Å². The molecular weight excluding hydrogens is 348 g/mol. The lowest BCUT2D eigenvalue weighted by Gasteiger charge is -2.26. The summed E-state index contributed by atoms with van der Waals surface area (Å²) in [6, 6.07) is 10.9. The quantitative estimate of drug-likeness (QED) is 0.431. The minimum absolute atomic E-state index is 0.271. The molecular formula is C23H36N4O. The lowest BCUT2D eigenvalue weighted by atomic mass is 9.88. The molecule has 28 heavy (non-hydrogen) atoms. The van der Waals surface area contributed by atoms with Crippen LogP contribution in [-0.4, -0.2) is 49.0 Å². The average Bonchev–Trinajstić information content (AvgIpc) is 3.20. The van der Waals surface area contributed by atoms with Gasteiger partial charge in [-0.2, -0.15) is 0 Å². The number of nitrogens with one attached hydrogen (secondary N) is 2. The van der Waals surface area contributed by atoms with Crippen LogP contribution in [0.25, 0.3) is 0 Å². The summed E-state index contributed by atoms with van der Waals surface area (Å²) in [5.41, 5.74) is 1.36. The SMILES string of the molecule is CCNC(=NCCCc1ccccc1)NC1CCN(C(=O)C2CCCCC2)C1. The Kier molecular flexibility index (Phi) is 8.19. The molecule has 2 aliphatic rings. The Morgan fingerprint density at radius 3 is 2.68 bits per heavy atom. The van der Waals surface area contributed by atoms with Crippen LogP contribution in [0.4, 0.5) is 0 Å². The third kappa shape index (κ3) is 6.25. The molecule has 1 saturated carbocycles. The molecule has 1 aromatic carbocycles. The first-order chi connectivity index (χ1) is 13.8. The molecule has 2 fully saturated rings. The highest BCUT2D eigenvalue weighted by molar-refractivity contribution is 5.81. The number of likely N-dealkylation sites (tertiary alicyclic amines) is 1. The summed E-state index contributed by atoms with van der Waals surface area (Å²) < 4.78 is 0. The van der Waals surface area contributed by atoms with Gasteiger partial charge in [-0.3, -0.25) is 9.79 Å². The Morgan fingerprint density at radius 2 is 1.93 bits per heavy atom. The molecule has 5 nitrogen and oxygen atoms in total. The minimum Gasteiger partial charge on any atom is -0.357 e. The maximum atomic E-state index is 12.8. The predicted molar refractivity (Wildman–Crippen MR) is 115 cm³/mol. The van der Waals surface area contributed by atoms with Gasteiger partial charge in [-0.05, 0) is 44.6 Å². The molecule has 5 heteroatoms. The zero-order valence-corrected chi connectivity index (χ0v) is 17.3. The second-order valence-corrected chi connectivity index (χ2v) is 8.10. The lowest BCUT2D eigenvalue weighted by molar-refractivity contribution is -0.135. The molecule has 3 rings (SSSR count). The van der Waals surface area contributed by atoms with E-state index in [4.69, 9.17) is 4.99 Å². The van der Waals surface area contributed by atoms with Crippen LogP contribution in [0.3, 0.4) is 0 Å². The number of amides is 1.